The molecule has 13 heavy (non-hydrogen) atoms. The number of methoxy groups -OCH3 is 2. The molecule has 0 fully saturated rings. The average Bonchev–Trinajstić information content (AvgIpc) is 2.05. The van der Waals surface area contributed by atoms with Crippen LogP contribution in [0.1, 0.15) is 13.3 Å². The van der Waals surface area contributed by atoms with Crippen LogP contribution in [0.25, 0.3) is 0 Å². The van der Waals surface area contributed by atoms with E-state index in [0.29, 0.717) is 0 Å². The van der Waals surface area contributed by atoms with Gasteiger partial charge in [0.25, 0.3) is 0 Å². The minimum Gasteiger partial charge on any atom is -0.356 e. The Morgan fingerprint density at radius 1 is 1.46 bits per heavy atom. The Hall–Kier alpha value is -0.393. The molecule has 76 valence electrons. The zero-order valence-electron chi connectivity index (χ0n) is 8.66. The fraction of sp³-hybridized carbons (Fsp3) is 0.875. The summed E-state index contributed by atoms with van der Waals surface area (Å²) in [5, 5.41) is 0. The van der Waals surface area contributed by atoms with E-state index in [1.807, 2.05) is 6.55 Å². The molecule has 0 saturated heterocycles. The van der Waals surface area contributed by atoms with Crippen molar-refractivity contribution in [2.24, 2.45) is 4.63 Å². The molecule has 0 radical (unpaired) electrons. The number of hydrogen-bond donors (Lipinski definition) is 0. The van der Waals surface area contributed by atoms with Crippen molar-refractivity contribution in [3.63, 3.8) is 0 Å². The van der Waals surface area contributed by atoms with Crippen LogP contribution < -0.4 is 0 Å². The standard InChI is InChI=1S/C8H17NO3Si/c1-7(10)9-13(4)6-5-8(11-2)12-3/h8H,5-6H2,1-4H3. The average molecular weight is 203 g/mol. The summed E-state index contributed by atoms with van der Waals surface area (Å²) in [4.78, 5) is 10.6. The van der Waals surface area contributed by atoms with Crippen LogP contribution in [0.5, 0.6) is 0 Å². The summed E-state index contributed by atoms with van der Waals surface area (Å²) < 4.78 is 14.0. The lowest BCUT2D eigenvalue weighted by Crippen LogP contribution is -2.14. The van der Waals surface area contributed by atoms with Crippen molar-refractivity contribution in [2.75, 3.05) is 14.2 Å². The maximum atomic E-state index is 10.6. The predicted octanol–water partition coefficient (Wildman–Crippen LogP) is 1.43. The van der Waals surface area contributed by atoms with Crippen molar-refractivity contribution in [2.45, 2.75) is 32.2 Å². The molecule has 4 nitrogen and oxygen atoms in total. The van der Waals surface area contributed by atoms with Crippen LogP contribution >= 0.6 is 0 Å². The Bertz CT molecular complexity index is 190. The van der Waals surface area contributed by atoms with Crippen LogP contribution in [-0.2, 0) is 14.3 Å². The zero-order chi connectivity index (χ0) is 10.3. The summed E-state index contributed by atoms with van der Waals surface area (Å²) in [7, 11) is 2.33. The van der Waals surface area contributed by atoms with Gasteiger partial charge in [0.1, 0.15) is 8.59 Å². The first-order valence-electron chi connectivity index (χ1n) is 4.20. The van der Waals surface area contributed by atoms with Crippen LogP contribution in [-0.4, -0.2) is 35.0 Å². The molecule has 1 amide bonds. The smallest absolute Gasteiger partial charge is 0.233 e. The third-order valence-corrected chi connectivity index (χ3v) is 3.32. The van der Waals surface area contributed by atoms with E-state index in [4.69, 9.17) is 9.47 Å². The summed E-state index contributed by atoms with van der Waals surface area (Å²) in [5.74, 6) is -0.0808. The third kappa shape index (κ3) is 6.74. The predicted molar refractivity (Wildman–Crippen MR) is 52.0 cm³/mol. The summed E-state index contributed by atoms with van der Waals surface area (Å²) in [6.45, 7) is 3.49. The second-order valence-corrected chi connectivity index (χ2v) is 5.00. The lowest BCUT2D eigenvalue weighted by atomic mass is 10.5. The van der Waals surface area contributed by atoms with Crippen LogP contribution in [0.4, 0.5) is 0 Å². The lowest BCUT2D eigenvalue weighted by Gasteiger charge is -2.11. The monoisotopic (exact) mass is 203 g/mol. The van der Waals surface area contributed by atoms with Crippen molar-refractivity contribution < 1.29 is 14.3 Å². The number of hydrogen-bond acceptors (Lipinski definition) is 3. The number of rotatable bonds is 5. The van der Waals surface area contributed by atoms with Gasteiger partial charge < -0.3 is 9.47 Å². The van der Waals surface area contributed by atoms with E-state index in [-0.39, 0.29) is 12.2 Å². The van der Waals surface area contributed by atoms with E-state index in [0.717, 1.165) is 12.5 Å². The Morgan fingerprint density at radius 2 is 2.00 bits per heavy atom. The topological polar surface area (TPSA) is 47.9 Å². The SMILES string of the molecule is COC(CC[Si](C)=NC(C)=O)OC. The minimum absolute atomic E-state index is 0.0808. The number of carbonyl (C=O) groups excluding carboxylic acids is 1. The second-order valence-electron chi connectivity index (χ2n) is 2.81. The molecule has 0 aliphatic heterocycles. The molecule has 0 aromatic heterocycles. The molecule has 5 heteroatoms. The van der Waals surface area contributed by atoms with E-state index in [1.54, 1.807) is 14.2 Å². The molecule has 0 bridgehead atoms. The molecule has 0 aliphatic carbocycles. The van der Waals surface area contributed by atoms with Gasteiger partial charge in [-0.3, -0.25) is 9.43 Å². The van der Waals surface area contributed by atoms with E-state index >= 15 is 0 Å². The van der Waals surface area contributed by atoms with E-state index in [1.165, 1.54) is 6.92 Å². The van der Waals surface area contributed by atoms with Crippen molar-refractivity contribution in [1.82, 2.24) is 0 Å². The van der Waals surface area contributed by atoms with Crippen LogP contribution in [0.3, 0.4) is 0 Å². The molecule has 0 saturated carbocycles. The molecule has 0 unspecified atom stereocenters. The van der Waals surface area contributed by atoms with Crippen LogP contribution in [0.15, 0.2) is 4.63 Å². The number of nitrogens with zero attached hydrogens (tertiary/aromatic N) is 1. The Labute approximate surface area is 80.6 Å². The molecule has 0 spiro atoms. The summed E-state index contributed by atoms with van der Waals surface area (Å²) in [5.41, 5.74) is 0. The van der Waals surface area contributed by atoms with Crippen molar-refractivity contribution >= 4 is 14.5 Å². The van der Waals surface area contributed by atoms with Gasteiger partial charge in [-0.25, -0.2) is 0 Å². The van der Waals surface area contributed by atoms with Gasteiger partial charge in [0.2, 0.25) is 5.91 Å². The number of ether oxygens (including phenoxy) is 2. The molecule has 0 aromatic rings. The first-order chi connectivity index (χ1) is 6.10. The normalized spacial score (nSPS) is 12.2. The molecular formula is C8H17NO3Si. The highest BCUT2D eigenvalue weighted by Crippen LogP contribution is 2.03. The van der Waals surface area contributed by atoms with Crippen LogP contribution in [0, 0.1) is 0 Å². The van der Waals surface area contributed by atoms with Crippen LogP contribution in [0.2, 0.25) is 12.6 Å². The maximum absolute atomic E-state index is 10.6. The van der Waals surface area contributed by atoms with Gasteiger partial charge in [-0.05, 0) is 12.6 Å². The molecule has 0 heterocycles. The molecule has 0 aliphatic rings. The number of amides is 1. The first kappa shape index (κ1) is 12.6. The van der Waals surface area contributed by atoms with E-state index in [9.17, 15) is 4.79 Å². The second kappa shape index (κ2) is 7.05. The largest absolute Gasteiger partial charge is 0.356 e. The number of carbonyl (C=O) groups is 1. The van der Waals surface area contributed by atoms with E-state index < -0.39 is 8.59 Å². The van der Waals surface area contributed by atoms with Gasteiger partial charge in [-0.1, -0.05) is 0 Å². The van der Waals surface area contributed by atoms with Gasteiger partial charge in [0, 0.05) is 27.6 Å². The van der Waals surface area contributed by atoms with Gasteiger partial charge in [-0.15, -0.1) is 0 Å². The zero-order valence-corrected chi connectivity index (χ0v) is 9.66. The minimum atomic E-state index is -0.889. The Kier molecular flexibility index (Phi) is 6.84. The van der Waals surface area contributed by atoms with Crippen molar-refractivity contribution in [3.8, 4) is 0 Å². The van der Waals surface area contributed by atoms with Crippen molar-refractivity contribution in [3.05, 3.63) is 0 Å². The Morgan fingerprint density at radius 3 is 2.38 bits per heavy atom. The lowest BCUT2D eigenvalue weighted by molar-refractivity contribution is -0.115. The maximum Gasteiger partial charge on any atom is 0.233 e. The fourth-order valence-electron chi connectivity index (χ4n) is 0.983. The molecule has 0 rings (SSSR count). The quantitative estimate of drug-likeness (QED) is 0.501. The third-order valence-electron chi connectivity index (χ3n) is 1.62. The summed E-state index contributed by atoms with van der Waals surface area (Å²) in [6.07, 6.45) is 0.635. The van der Waals surface area contributed by atoms with Crippen molar-refractivity contribution in [1.29, 1.82) is 0 Å². The molecule has 0 aromatic carbocycles. The van der Waals surface area contributed by atoms with Gasteiger partial charge in [-0.2, -0.15) is 0 Å². The van der Waals surface area contributed by atoms with Gasteiger partial charge >= 0.3 is 0 Å². The Balaban J connectivity index is 3.80. The molecule has 0 atom stereocenters. The summed E-state index contributed by atoms with van der Waals surface area (Å²) in [6, 6.07) is 0.899. The fourth-order valence-corrected chi connectivity index (χ4v) is 2.29. The first-order valence-corrected chi connectivity index (χ1v) is 6.36. The highest BCUT2D eigenvalue weighted by molar-refractivity contribution is 6.47. The highest BCUT2D eigenvalue weighted by Gasteiger charge is 2.06. The van der Waals surface area contributed by atoms with Gasteiger partial charge in [0.15, 0.2) is 6.29 Å². The van der Waals surface area contributed by atoms with E-state index in [2.05, 4.69) is 4.63 Å². The molecular weight excluding hydrogens is 186 g/mol. The van der Waals surface area contributed by atoms with Gasteiger partial charge in [0.05, 0.1) is 0 Å². The summed E-state index contributed by atoms with van der Waals surface area (Å²) >= 11 is 0. The highest BCUT2D eigenvalue weighted by atomic mass is 28.2. The molecule has 0 N–H and O–H groups in total.